The van der Waals surface area contributed by atoms with Gasteiger partial charge in [-0.05, 0) is 49.9 Å². The highest BCUT2D eigenvalue weighted by Crippen LogP contribution is 2.32. The zero-order valence-electron chi connectivity index (χ0n) is 18.5. The van der Waals surface area contributed by atoms with Crippen molar-refractivity contribution in [1.29, 1.82) is 0 Å². The first-order valence-corrected chi connectivity index (χ1v) is 12.7. The standard InChI is InChI=1S/C24H25ClN6O2S/c25-18-8-2-4-10-20(18)31-23(30-13-5-6-14-30)28-29-24(31)34-15-21(32)27-19-9-3-1-7-17(19)22(33)26-16-11-12-16/h1-4,7-10,16H,5-6,11-15H2,(H,26,33)(H,27,32). The van der Waals surface area contributed by atoms with Crippen molar-refractivity contribution in [1.82, 2.24) is 20.1 Å². The summed E-state index contributed by atoms with van der Waals surface area (Å²) in [5.74, 6) is 0.449. The van der Waals surface area contributed by atoms with Crippen LogP contribution in [0.5, 0.6) is 0 Å². The number of nitrogens with zero attached hydrogens (tertiary/aromatic N) is 4. The van der Waals surface area contributed by atoms with Crippen molar-refractivity contribution in [3.05, 3.63) is 59.1 Å². The fraction of sp³-hybridized carbons (Fsp3) is 0.333. The zero-order chi connectivity index (χ0) is 23.5. The van der Waals surface area contributed by atoms with Crippen molar-refractivity contribution in [3.8, 4) is 5.69 Å². The van der Waals surface area contributed by atoms with Gasteiger partial charge in [0.05, 0.1) is 27.7 Å². The minimum atomic E-state index is -0.229. The summed E-state index contributed by atoms with van der Waals surface area (Å²) in [4.78, 5) is 27.5. The fourth-order valence-electron chi connectivity index (χ4n) is 3.92. The zero-order valence-corrected chi connectivity index (χ0v) is 20.1. The number of hydrogen-bond donors (Lipinski definition) is 2. The molecule has 0 spiro atoms. The first-order valence-electron chi connectivity index (χ1n) is 11.4. The molecule has 2 aliphatic rings. The van der Waals surface area contributed by atoms with E-state index in [1.165, 1.54) is 11.8 Å². The normalized spacial score (nSPS) is 15.4. The van der Waals surface area contributed by atoms with Crippen LogP contribution in [0.25, 0.3) is 5.69 Å². The number of benzene rings is 2. The Bertz CT molecular complexity index is 1210. The maximum Gasteiger partial charge on any atom is 0.253 e. The summed E-state index contributed by atoms with van der Waals surface area (Å²) in [6.07, 6.45) is 4.22. The molecule has 0 unspecified atom stereocenters. The Morgan fingerprint density at radius 1 is 1.03 bits per heavy atom. The summed E-state index contributed by atoms with van der Waals surface area (Å²) in [7, 11) is 0. The Morgan fingerprint density at radius 2 is 1.76 bits per heavy atom. The van der Waals surface area contributed by atoms with Gasteiger partial charge in [0.15, 0.2) is 5.16 Å². The van der Waals surface area contributed by atoms with E-state index in [1.807, 2.05) is 28.8 Å². The lowest BCUT2D eigenvalue weighted by Gasteiger charge is -2.19. The molecule has 34 heavy (non-hydrogen) atoms. The Hall–Kier alpha value is -3.04. The van der Waals surface area contributed by atoms with E-state index in [4.69, 9.17) is 11.6 Å². The van der Waals surface area contributed by atoms with Crippen LogP contribution in [-0.4, -0.2) is 51.5 Å². The van der Waals surface area contributed by atoms with Crippen LogP contribution in [-0.2, 0) is 4.79 Å². The predicted octanol–water partition coefficient (Wildman–Crippen LogP) is 4.14. The summed E-state index contributed by atoms with van der Waals surface area (Å²) < 4.78 is 1.92. The van der Waals surface area contributed by atoms with Gasteiger partial charge in [-0.25, -0.2) is 0 Å². The Labute approximate surface area is 207 Å². The number of carbonyl (C=O) groups is 2. The van der Waals surface area contributed by atoms with Gasteiger partial charge >= 0.3 is 0 Å². The molecule has 2 fully saturated rings. The molecule has 10 heteroatoms. The van der Waals surface area contributed by atoms with E-state index in [9.17, 15) is 9.59 Å². The molecule has 8 nitrogen and oxygen atoms in total. The highest BCUT2D eigenvalue weighted by atomic mass is 35.5. The highest BCUT2D eigenvalue weighted by molar-refractivity contribution is 7.99. The molecule has 0 atom stereocenters. The second-order valence-corrected chi connectivity index (χ2v) is 9.74. The lowest BCUT2D eigenvalue weighted by molar-refractivity contribution is -0.113. The molecule has 5 rings (SSSR count). The van der Waals surface area contributed by atoms with Crippen LogP contribution in [0.3, 0.4) is 0 Å². The number of para-hydroxylation sites is 2. The maximum absolute atomic E-state index is 12.8. The van der Waals surface area contributed by atoms with Gasteiger partial charge in [0.25, 0.3) is 5.91 Å². The monoisotopic (exact) mass is 496 g/mol. The SMILES string of the molecule is O=C(CSc1nnc(N2CCCC2)n1-c1ccccc1Cl)Nc1ccccc1C(=O)NC1CC1. The average molecular weight is 497 g/mol. The molecule has 1 aliphatic carbocycles. The van der Waals surface area contributed by atoms with Crippen LogP contribution in [0.1, 0.15) is 36.0 Å². The second-order valence-electron chi connectivity index (χ2n) is 8.39. The van der Waals surface area contributed by atoms with Crippen LogP contribution < -0.4 is 15.5 Å². The molecular weight excluding hydrogens is 472 g/mol. The summed E-state index contributed by atoms with van der Waals surface area (Å²) >= 11 is 7.79. The van der Waals surface area contributed by atoms with Gasteiger partial charge in [-0.3, -0.25) is 14.2 Å². The van der Waals surface area contributed by atoms with Gasteiger partial charge in [-0.2, -0.15) is 0 Å². The number of halogens is 1. The van der Waals surface area contributed by atoms with Crippen molar-refractivity contribution in [2.24, 2.45) is 0 Å². The number of amides is 2. The number of anilines is 2. The largest absolute Gasteiger partial charge is 0.349 e. The van der Waals surface area contributed by atoms with Crippen molar-refractivity contribution < 1.29 is 9.59 Å². The molecular formula is C24H25ClN6O2S. The minimum Gasteiger partial charge on any atom is -0.349 e. The van der Waals surface area contributed by atoms with E-state index in [0.29, 0.717) is 21.4 Å². The number of aromatic nitrogens is 3. The summed E-state index contributed by atoms with van der Waals surface area (Å²) in [6.45, 7) is 1.82. The van der Waals surface area contributed by atoms with Gasteiger partial charge in [-0.1, -0.05) is 47.6 Å². The van der Waals surface area contributed by atoms with Gasteiger partial charge in [0.2, 0.25) is 11.9 Å². The molecule has 1 aromatic heterocycles. The maximum atomic E-state index is 12.8. The van der Waals surface area contributed by atoms with Crippen LogP contribution >= 0.6 is 23.4 Å². The predicted molar refractivity (Wildman–Crippen MR) is 134 cm³/mol. The molecule has 1 saturated carbocycles. The Balaban J connectivity index is 1.32. The number of rotatable bonds is 8. The Morgan fingerprint density at radius 3 is 2.53 bits per heavy atom. The van der Waals surface area contributed by atoms with Gasteiger partial charge in [0.1, 0.15) is 0 Å². The number of hydrogen-bond acceptors (Lipinski definition) is 6. The van der Waals surface area contributed by atoms with E-state index in [1.54, 1.807) is 24.3 Å². The van der Waals surface area contributed by atoms with Crippen molar-refractivity contribution >= 4 is 46.8 Å². The number of carbonyl (C=O) groups excluding carboxylic acids is 2. The number of nitrogens with one attached hydrogen (secondary N) is 2. The van der Waals surface area contributed by atoms with Gasteiger partial charge in [0, 0.05) is 19.1 Å². The third-order valence-electron chi connectivity index (χ3n) is 5.79. The molecule has 2 heterocycles. The van der Waals surface area contributed by atoms with Crippen LogP contribution in [0, 0.1) is 0 Å². The van der Waals surface area contributed by atoms with Gasteiger partial charge < -0.3 is 15.5 Å². The third-order valence-corrected chi connectivity index (χ3v) is 7.04. The number of thioether (sulfide) groups is 1. The fourth-order valence-corrected chi connectivity index (χ4v) is 4.88. The highest BCUT2D eigenvalue weighted by Gasteiger charge is 2.26. The van der Waals surface area contributed by atoms with E-state index >= 15 is 0 Å². The molecule has 2 N–H and O–H groups in total. The van der Waals surface area contributed by atoms with Crippen LogP contribution in [0.2, 0.25) is 5.02 Å². The van der Waals surface area contributed by atoms with Crippen molar-refractivity contribution in [3.63, 3.8) is 0 Å². The van der Waals surface area contributed by atoms with Crippen molar-refractivity contribution in [2.45, 2.75) is 36.9 Å². The molecule has 1 saturated heterocycles. The molecule has 176 valence electrons. The summed E-state index contributed by atoms with van der Waals surface area (Å²) in [6, 6.07) is 14.8. The minimum absolute atomic E-state index is 0.112. The molecule has 0 radical (unpaired) electrons. The van der Waals surface area contributed by atoms with E-state index < -0.39 is 0 Å². The molecule has 0 bridgehead atoms. The van der Waals surface area contributed by atoms with E-state index in [2.05, 4.69) is 25.7 Å². The molecule has 1 aliphatic heterocycles. The van der Waals surface area contributed by atoms with Crippen LogP contribution in [0.15, 0.2) is 53.7 Å². The topological polar surface area (TPSA) is 92.2 Å². The summed E-state index contributed by atoms with van der Waals surface area (Å²) in [5, 5.41) is 15.8. The quantitative estimate of drug-likeness (QED) is 0.455. The third kappa shape index (κ3) is 5.05. The molecule has 2 aromatic carbocycles. The Kier molecular flexibility index (Phi) is 6.73. The molecule has 2 amide bonds. The van der Waals surface area contributed by atoms with Crippen molar-refractivity contribution in [2.75, 3.05) is 29.1 Å². The smallest absolute Gasteiger partial charge is 0.253 e. The lowest BCUT2D eigenvalue weighted by atomic mass is 10.1. The summed E-state index contributed by atoms with van der Waals surface area (Å²) in [5.41, 5.74) is 1.74. The second kappa shape index (κ2) is 10.1. The van der Waals surface area contributed by atoms with E-state index in [-0.39, 0.29) is 23.6 Å². The first-order chi connectivity index (χ1) is 16.6. The van der Waals surface area contributed by atoms with Crippen LogP contribution in [0.4, 0.5) is 11.6 Å². The van der Waals surface area contributed by atoms with Gasteiger partial charge in [-0.15, -0.1) is 10.2 Å². The lowest BCUT2D eigenvalue weighted by Crippen LogP contribution is -2.27. The molecule has 3 aromatic rings. The van der Waals surface area contributed by atoms with E-state index in [0.717, 1.165) is 50.4 Å². The first kappa shape index (κ1) is 22.7. The average Bonchev–Trinajstić information content (AvgIpc) is 3.31.